The topological polar surface area (TPSA) is 17.1 Å². The first kappa shape index (κ1) is 11.7. The fourth-order valence-electron chi connectivity index (χ4n) is 1.21. The fourth-order valence-corrected chi connectivity index (χ4v) is 2.02. The maximum Gasteiger partial charge on any atom is 0.134 e. The number of ketones is 1. The highest BCUT2D eigenvalue weighted by Gasteiger charge is 2.12. The highest BCUT2D eigenvalue weighted by Crippen LogP contribution is 2.15. The molecule has 0 aliphatic heterocycles. The van der Waals surface area contributed by atoms with Crippen molar-refractivity contribution < 1.29 is 4.79 Å². The number of carbonyl (C=O) groups is 1. The summed E-state index contributed by atoms with van der Waals surface area (Å²) in [5.41, 5.74) is 1.15. The zero-order valence-electron chi connectivity index (χ0n) is 7.97. The van der Waals surface area contributed by atoms with Crippen molar-refractivity contribution in [3.8, 4) is 0 Å². The molecule has 0 N–H and O–H groups in total. The number of halogens is 2. The SMILES string of the molecule is CC(=O)C(CBr)Cc1ccc(Cl)cc1. The molecule has 1 nitrogen and oxygen atoms in total. The molecule has 0 saturated heterocycles. The van der Waals surface area contributed by atoms with E-state index in [0.717, 1.165) is 17.0 Å². The normalized spacial score (nSPS) is 12.5. The van der Waals surface area contributed by atoms with Gasteiger partial charge in [-0.25, -0.2) is 0 Å². The van der Waals surface area contributed by atoms with E-state index in [4.69, 9.17) is 11.6 Å². The van der Waals surface area contributed by atoms with Crippen molar-refractivity contribution >= 4 is 33.3 Å². The summed E-state index contributed by atoms with van der Waals surface area (Å²) in [7, 11) is 0. The van der Waals surface area contributed by atoms with Gasteiger partial charge in [0.2, 0.25) is 0 Å². The molecule has 0 aromatic heterocycles. The van der Waals surface area contributed by atoms with Crippen molar-refractivity contribution in [3.63, 3.8) is 0 Å². The van der Waals surface area contributed by atoms with Gasteiger partial charge in [0.05, 0.1) is 0 Å². The molecule has 0 fully saturated rings. The molecule has 0 amide bonds. The Bertz CT molecular complexity index is 308. The van der Waals surface area contributed by atoms with Crippen LogP contribution in [0.3, 0.4) is 0 Å². The van der Waals surface area contributed by atoms with Crippen molar-refractivity contribution in [1.29, 1.82) is 0 Å². The van der Waals surface area contributed by atoms with Crippen LogP contribution in [-0.2, 0) is 11.2 Å². The molecule has 1 unspecified atom stereocenters. The Hall–Kier alpha value is -0.340. The predicted molar refractivity (Wildman–Crippen MR) is 63.1 cm³/mol. The molecule has 1 atom stereocenters. The Morgan fingerprint density at radius 2 is 2.00 bits per heavy atom. The van der Waals surface area contributed by atoms with Gasteiger partial charge in [-0.3, -0.25) is 4.79 Å². The van der Waals surface area contributed by atoms with Crippen molar-refractivity contribution in [2.45, 2.75) is 13.3 Å². The smallest absolute Gasteiger partial charge is 0.134 e. The molecule has 0 saturated carbocycles. The predicted octanol–water partition coefficient (Wildman–Crippen LogP) is 3.48. The van der Waals surface area contributed by atoms with Crippen LogP contribution in [0.15, 0.2) is 24.3 Å². The summed E-state index contributed by atoms with van der Waals surface area (Å²) in [6, 6.07) is 7.62. The Labute approximate surface area is 97.6 Å². The van der Waals surface area contributed by atoms with E-state index in [0.29, 0.717) is 5.33 Å². The van der Waals surface area contributed by atoms with E-state index in [9.17, 15) is 4.79 Å². The van der Waals surface area contributed by atoms with Crippen molar-refractivity contribution in [3.05, 3.63) is 34.9 Å². The molecule has 14 heavy (non-hydrogen) atoms. The van der Waals surface area contributed by atoms with Crippen LogP contribution in [0.4, 0.5) is 0 Å². The van der Waals surface area contributed by atoms with Crippen molar-refractivity contribution in [2.24, 2.45) is 5.92 Å². The van der Waals surface area contributed by atoms with E-state index in [1.807, 2.05) is 24.3 Å². The van der Waals surface area contributed by atoms with Gasteiger partial charge >= 0.3 is 0 Å². The Morgan fingerprint density at radius 3 is 2.43 bits per heavy atom. The highest BCUT2D eigenvalue weighted by molar-refractivity contribution is 9.09. The number of benzene rings is 1. The summed E-state index contributed by atoms with van der Waals surface area (Å²) in [5.74, 6) is 0.285. The van der Waals surface area contributed by atoms with Gasteiger partial charge in [-0.2, -0.15) is 0 Å². The van der Waals surface area contributed by atoms with Gasteiger partial charge in [0.15, 0.2) is 0 Å². The maximum absolute atomic E-state index is 11.2. The van der Waals surface area contributed by atoms with Crippen LogP contribution < -0.4 is 0 Å². The second-order valence-electron chi connectivity index (χ2n) is 3.29. The zero-order chi connectivity index (χ0) is 10.6. The summed E-state index contributed by atoms with van der Waals surface area (Å²) in [6.07, 6.45) is 0.776. The summed E-state index contributed by atoms with van der Waals surface area (Å²) in [5, 5.41) is 1.44. The molecule has 3 heteroatoms. The van der Waals surface area contributed by atoms with E-state index in [-0.39, 0.29) is 11.7 Å². The maximum atomic E-state index is 11.2. The summed E-state index contributed by atoms with van der Waals surface area (Å²) < 4.78 is 0. The first-order valence-electron chi connectivity index (χ1n) is 4.44. The van der Waals surface area contributed by atoms with Crippen molar-refractivity contribution in [1.82, 2.24) is 0 Å². The third-order valence-corrected chi connectivity index (χ3v) is 3.19. The van der Waals surface area contributed by atoms with Crippen LogP contribution in [-0.4, -0.2) is 11.1 Å². The third kappa shape index (κ3) is 3.43. The first-order valence-corrected chi connectivity index (χ1v) is 5.94. The molecule has 0 spiro atoms. The average Bonchev–Trinajstić information content (AvgIpc) is 2.16. The van der Waals surface area contributed by atoms with Gasteiger partial charge in [-0.1, -0.05) is 39.7 Å². The van der Waals surface area contributed by atoms with E-state index in [2.05, 4.69) is 15.9 Å². The van der Waals surface area contributed by atoms with Crippen LogP contribution >= 0.6 is 27.5 Å². The van der Waals surface area contributed by atoms with Crippen LogP contribution in [0.5, 0.6) is 0 Å². The Kier molecular flexibility index (Phi) is 4.63. The molecule has 0 radical (unpaired) electrons. The second-order valence-corrected chi connectivity index (χ2v) is 4.38. The summed E-state index contributed by atoms with van der Waals surface area (Å²) >= 11 is 9.11. The minimum absolute atomic E-state index is 0.0659. The monoisotopic (exact) mass is 274 g/mol. The first-order chi connectivity index (χ1) is 6.63. The van der Waals surface area contributed by atoms with Crippen molar-refractivity contribution in [2.75, 3.05) is 5.33 Å². The quantitative estimate of drug-likeness (QED) is 0.769. The minimum atomic E-state index is 0.0659. The van der Waals surface area contributed by atoms with Gasteiger partial charge in [0.25, 0.3) is 0 Å². The molecule has 1 aromatic carbocycles. The molecule has 0 bridgehead atoms. The number of alkyl halides is 1. The van der Waals surface area contributed by atoms with E-state index < -0.39 is 0 Å². The molecule has 0 aliphatic carbocycles. The third-order valence-electron chi connectivity index (χ3n) is 2.16. The van der Waals surface area contributed by atoms with E-state index >= 15 is 0 Å². The average molecular weight is 276 g/mol. The van der Waals surface area contributed by atoms with Gasteiger partial charge in [-0.05, 0) is 31.0 Å². The largest absolute Gasteiger partial charge is 0.300 e. The molecule has 0 aliphatic rings. The van der Waals surface area contributed by atoms with Crippen LogP contribution in [0.2, 0.25) is 5.02 Å². The number of hydrogen-bond acceptors (Lipinski definition) is 1. The number of carbonyl (C=O) groups excluding carboxylic acids is 1. The lowest BCUT2D eigenvalue weighted by molar-refractivity contribution is -0.120. The van der Waals surface area contributed by atoms with Gasteiger partial charge in [-0.15, -0.1) is 0 Å². The molecular formula is C11H12BrClO. The standard InChI is InChI=1S/C11H12BrClO/c1-8(14)10(7-12)6-9-2-4-11(13)5-3-9/h2-5,10H,6-7H2,1H3. The van der Waals surface area contributed by atoms with Gasteiger partial charge in [0, 0.05) is 16.3 Å². The lowest BCUT2D eigenvalue weighted by Gasteiger charge is -2.09. The summed E-state index contributed by atoms with van der Waals surface area (Å²) in [4.78, 5) is 11.2. The molecule has 76 valence electrons. The molecule has 0 heterocycles. The van der Waals surface area contributed by atoms with E-state index in [1.165, 1.54) is 0 Å². The van der Waals surface area contributed by atoms with Crippen LogP contribution in [0, 0.1) is 5.92 Å². The lowest BCUT2D eigenvalue weighted by Crippen LogP contribution is -2.15. The number of Topliss-reactive ketones (excluding diaryl/α,β-unsaturated/α-hetero) is 1. The summed E-state index contributed by atoms with van der Waals surface area (Å²) in [6.45, 7) is 1.63. The lowest BCUT2D eigenvalue weighted by atomic mass is 9.98. The number of rotatable bonds is 4. The number of hydrogen-bond donors (Lipinski definition) is 0. The van der Waals surface area contributed by atoms with Crippen LogP contribution in [0.1, 0.15) is 12.5 Å². The van der Waals surface area contributed by atoms with Crippen LogP contribution in [0.25, 0.3) is 0 Å². The second kappa shape index (κ2) is 5.52. The zero-order valence-corrected chi connectivity index (χ0v) is 10.3. The Balaban J connectivity index is 2.67. The fraction of sp³-hybridized carbons (Fsp3) is 0.364. The molecule has 1 rings (SSSR count). The molecule has 1 aromatic rings. The minimum Gasteiger partial charge on any atom is -0.300 e. The Morgan fingerprint density at radius 1 is 1.43 bits per heavy atom. The van der Waals surface area contributed by atoms with Gasteiger partial charge < -0.3 is 0 Å². The highest BCUT2D eigenvalue weighted by atomic mass is 79.9. The van der Waals surface area contributed by atoms with Gasteiger partial charge in [0.1, 0.15) is 5.78 Å². The molecular weight excluding hydrogens is 263 g/mol. The van der Waals surface area contributed by atoms with E-state index in [1.54, 1.807) is 6.92 Å².